The molecule has 0 saturated carbocycles. The first-order valence-corrected chi connectivity index (χ1v) is 17.0. The van der Waals surface area contributed by atoms with Gasteiger partial charge < -0.3 is 37.3 Å². The molecule has 0 aliphatic carbocycles. The molecule has 10 nitrogen and oxygen atoms in total. The second kappa shape index (κ2) is 18.7. The lowest BCUT2D eigenvalue weighted by molar-refractivity contribution is -0.141. The number of thioether (sulfide) groups is 1. The highest BCUT2D eigenvalue weighted by Gasteiger charge is 2.33. The van der Waals surface area contributed by atoms with Crippen molar-refractivity contribution in [2.45, 2.75) is 73.3 Å². The molecule has 0 radical (unpaired) electrons. The fourth-order valence-electron chi connectivity index (χ4n) is 5.04. The van der Waals surface area contributed by atoms with Crippen molar-refractivity contribution in [3.8, 4) is 0 Å². The normalized spacial score (nSPS) is 14.6. The predicted molar refractivity (Wildman–Crippen MR) is 189 cm³/mol. The largest absolute Gasteiger partial charge is 0.361 e. The van der Waals surface area contributed by atoms with Crippen LogP contribution in [0.4, 0.5) is 0 Å². The molecule has 12 heteroatoms. The van der Waals surface area contributed by atoms with Crippen molar-refractivity contribution >= 4 is 52.0 Å². The number of aromatic nitrogens is 1. The highest BCUT2D eigenvalue weighted by Crippen LogP contribution is 2.30. The van der Waals surface area contributed by atoms with E-state index in [4.69, 9.17) is 23.1 Å². The molecule has 0 aliphatic rings. The maximum absolute atomic E-state index is 13.8. The number of nitrogens with two attached hydrogens (primary N) is 2. The second-order valence-corrected chi connectivity index (χ2v) is 13.4. The molecule has 0 spiro atoms. The predicted octanol–water partition coefficient (Wildman–Crippen LogP) is 3.29. The summed E-state index contributed by atoms with van der Waals surface area (Å²) >= 11 is 8.00. The molecule has 0 fully saturated rings. The van der Waals surface area contributed by atoms with Gasteiger partial charge in [-0.2, -0.15) is 0 Å². The maximum Gasteiger partial charge on any atom is 0.246 e. The standard InChI is InChI=1S/C34H48ClN7O3S/c1-5-17-38-33(44)30(18-25-21-39-27-13-8-7-12-26(25)27)42(4)34(45)29(19-37)41-32(43)28(14-10-16-36)40-20-24-11-6-9-15-31(24)46-23(3)22(2)35/h5-9,11-13,15,21-23,28-30,39-40H,1,10,14,16-20,36-37H2,2-4H3,(H,38,44)(H,41,43)/t22?,23-,28-,29-,30-/m0/s1. The van der Waals surface area contributed by atoms with Crippen LogP contribution in [-0.2, 0) is 27.3 Å². The average molecular weight is 670 g/mol. The van der Waals surface area contributed by atoms with Gasteiger partial charge in [-0.25, -0.2) is 0 Å². The number of nitrogens with zero attached hydrogens (tertiary/aromatic N) is 1. The van der Waals surface area contributed by atoms with Crippen LogP contribution < -0.4 is 27.4 Å². The van der Waals surface area contributed by atoms with Gasteiger partial charge >= 0.3 is 0 Å². The van der Waals surface area contributed by atoms with E-state index in [9.17, 15) is 14.4 Å². The fraction of sp³-hybridized carbons (Fsp3) is 0.441. The molecule has 46 heavy (non-hydrogen) atoms. The number of amides is 3. The van der Waals surface area contributed by atoms with Crippen LogP contribution >= 0.6 is 23.4 Å². The molecule has 8 N–H and O–H groups in total. The van der Waals surface area contributed by atoms with E-state index in [1.165, 1.54) is 4.90 Å². The van der Waals surface area contributed by atoms with Crippen LogP contribution in [0.1, 0.15) is 37.8 Å². The summed E-state index contributed by atoms with van der Waals surface area (Å²) in [6.07, 6.45) is 4.77. The lowest BCUT2D eigenvalue weighted by atomic mass is 10.0. The number of alkyl halides is 1. The van der Waals surface area contributed by atoms with Gasteiger partial charge in [-0.3, -0.25) is 14.4 Å². The molecule has 3 aromatic rings. The highest BCUT2D eigenvalue weighted by molar-refractivity contribution is 8.00. The zero-order valence-corrected chi connectivity index (χ0v) is 28.5. The first-order chi connectivity index (χ1) is 22.1. The topological polar surface area (TPSA) is 158 Å². The van der Waals surface area contributed by atoms with Crippen LogP contribution in [-0.4, -0.2) is 83.0 Å². The maximum atomic E-state index is 13.8. The Balaban J connectivity index is 1.76. The molecule has 3 amide bonds. The van der Waals surface area contributed by atoms with E-state index in [0.29, 0.717) is 25.9 Å². The molecule has 1 heterocycles. The summed E-state index contributed by atoms with van der Waals surface area (Å²) in [5, 5.41) is 10.2. The summed E-state index contributed by atoms with van der Waals surface area (Å²) in [7, 11) is 1.56. The van der Waals surface area contributed by atoms with Crippen LogP contribution in [0.3, 0.4) is 0 Å². The number of rotatable bonds is 19. The lowest BCUT2D eigenvalue weighted by Crippen LogP contribution is -2.59. The summed E-state index contributed by atoms with van der Waals surface area (Å²) < 4.78 is 0. The quantitative estimate of drug-likeness (QED) is 0.0649. The van der Waals surface area contributed by atoms with Gasteiger partial charge in [0.25, 0.3) is 0 Å². The van der Waals surface area contributed by atoms with E-state index in [1.807, 2.05) is 61.7 Å². The molecule has 0 bridgehead atoms. The number of para-hydroxylation sites is 1. The minimum atomic E-state index is -1.04. The van der Waals surface area contributed by atoms with Crippen molar-refractivity contribution in [1.29, 1.82) is 0 Å². The van der Waals surface area contributed by atoms with E-state index in [-0.39, 0.29) is 42.0 Å². The molecule has 1 unspecified atom stereocenters. The highest BCUT2D eigenvalue weighted by atomic mass is 35.5. The van der Waals surface area contributed by atoms with Crippen LogP contribution in [0.15, 0.2) is 72.3 Å². The number of fused-ring (bicyclic) bond motifs is 1. The smallest absolute Gasteiger partial charge is 0.246 e. The Morgan fingerprint density at radius 1 is 1.04 bits per heavy atom. The number of H-pyrrole nitrogens is 1. The number of carbonyl (C=O) groups is 3. The SMILES string of the molecule is C=CCNC(=O)[C@H](Cc1c[nH]c2ccccc12)N(C)C(=O)[C@H](CN)NC(=O)[C@H](CCCN)NCc1ccccc1S[C@@H](C)C(C)Cl. The number of benzene rings is 2. The summed E-state index contributed by atoms with van der Waals surface area (Å²) in [6, 6.07) is 13.3. The Labute approximate surface area is 281 Å². The zero-order valence-electron chi connectivity index (χ0n) is 26.9. The average Bonchev–Trinajstić information content (AvgIpc) is 3.47. The van der Waals surface area contributed by atoms with Gasteiger partial charge in [0.2, 0.25) is 17.7 Å². The molecular weight excluding hydrogens is 622 g/mol. The summed E-state index contributed by atoms with van der Waals surface area (Å²) in [5.41, 5.74) is 14.7. The van der Waals surface area contributed by atoms with Crippen LogP contribution in [0.2, 0.25) is 0 Å². The third-order valence-corrected chi connectivity index (χ3v) is 9.92. The van der Waals surface area contributed by atoms with E-state index in [1.54, 1.807) is 24.9 Å². The number of nitrogens with one attached hydrogen (secondary N) is 4. The van der Waals surface area contributed by atoms with Crippen LogP contribution in [0.5, 0.6) is 0 Å². The third-order valence-electron chi connectivity index (χ3n) is 7.96. The molecule has 250 valence electrons. The Bertz CT molecular complexity index is 1450. The number of likely N-dealkylation sites (N-methyl/N-ethyl adjacent to an activating group) is 1. The summed E-state index contributed by atoms with van der Waals surface area (Å²) in [5.74, 6) is -1.15. The zero-order chi connectivity index (χ0) is 33.6. The van der Waals surface area contributed by atoms with Gasteiger partial charge in [0, 0.05) is 65.7 Å². The second-order valence-electron chi connectivity index (χ2n) is 11.3. The minimum absolute atomic E-state index is 0.00649. The van der Waals surface area contributed by atoms with Gasteiger partial charge in [0.1, 0.15) is 12.1 Å². The van der Waals surface area contributed by atoms with Crippen molar-refractivity contribution in [3.63, 3.8) is 0 Å². The molecule has 0 saturated heterocycles. The number of halogens is 1. The lowest BCUT2D eigenvalue weighted by Gasteiger charge is -2.31. The Morgan fingerprint density at radius 2 is 1.76 bits per heavy atom. The van der Waals surface area contributed by atoms with Gasteiger partial charge in [0.05, 0.1) is 6.04 Å². The Kier molecular flexibility index (Phi) is 15.1. The first-order valence-electron chi connectivity index (χ1n) is 15.6. The van der Waals surface area contributed by atoms with Crippen molar-refractivity contribution in [3.05, 3.63) is 78.5 Å². The van der Waals surface area contributed by atoms with Gasteiger partial charge in [-0.15, -0.1) is 29.9 Å². The number of aromatic amines is 1. The van der Waals surface area contributed by atoms with Crippen molar-refractivity contribution in [2.75, 3.05) is 26.7 Å². The summed E-state index contributed by atoms with van der Waals surface area (Å²) in [6.45, 7) is 8.70. The Morgan fingerprint density at radius 3 is 2.46 bits per heavy atom. The van der Waals surface area contributed by atoms with E-state index >= 15 is 0 Å². The van der Waals surface area contributed by atoms with Crippen LogP contribution in [0, 0.1) is 0 Å². The molecular formula is C34H48ClN7O3S. The summed E-state index contributed by atoms with van der Waals surface area (Å²) in [4.78, 5) is 46.4. The van der Waals surface area contributed by atoms with Gasteiger partial charge in [-0.05, 0) is 49.6 Å². The van der Waals surface area contributed by atoms with Gasteiger partial charge in [0.15, 0.2) is 0 Å². The molecule has 0 aliphatic heterocycles. The molecule has 5 atom stereocenters. The number of hydrogen-bond donors (Lipinski definition) is 6. The Hall–Kier alpha value is -3.35. The van der Waals surface area contributed by atoms with Gasteiger partial charge in [-0.1, -0.05) is 49.4 Å². The third kappa shape index (κ3) is 10.3. The molecule has 1 aromatic heterocycles. The van der Waals surface area contributed by atoms with Crippen LogP contribution in [0.25, 0.3) is 10.9 Å². The number of carbonyl (C=O) groups excluding carboxylic acids is 3. The van der Waals surface area contributed by atoms with E-state index < -0.39 is 24.0 Å². The van der Waals surface area contributed by atoms with E-state index in [2.05, 4.69) is 34.4 Å². The van der Waals surface area contributed by atoms with Crippen molar-refractivity contribution < 1.29 is 14.4 Å². The fourth-order valence-corrected chi connectivity index (χ4v) is 6.23. The van der Waals surface area contributed by atoms with E-state index in [0.717, 1.165) is 26.9 Å². The minimum Gasteiger partial charge on any atom is -0.361 e. The molecule has 3 rings (SSSR count). The molecule has 2 aromatic carbocycles. The number of hydrogen-bond acceptors (Lipinski definition) is 7. The first kappa shape index (κ1) is 37.1. The van der Waals surface area contributed by atoms with Crippen molar-refractivity contribution in [2.24, 2.45) is 11.5 Å². The van der Waals surface area contributed by atoms with Crippen molar-refractivity contribution in [1.82, 2.24) is 25.8 Å². The monoisotopic (exact) mass is 669 g/mol.